The van der Waals surface area contributed by atoms with Crippen molar-refractivity contribution in [3.05, 3.63) is 53.2 Å². The number of aromatic nitrogens is 2. The van der Waals surface area contributed by atoms with Crippen molar-refractivity contribution in [1.29, 1.82) is 0 Å². The van der Waals surface area contributed by atoms with E-state index in [4.69, 9.17) is 4.74 Å². The van der Waals surface area contributed by atoms with Gasteiger partial charge < -0.3 is 4.74 Å². The van der Waals surface area contributed by atoms with Crippen molar-refractivity contribution in [3.8, 4) is 5.88 Å². The first kappa shape index (κ1) is 12.2. The van der Waals surface area contributed by atoms with Crippen molar-refractivity contribution >= 4 is 5.78 Å². The Morgan fingerprint density at radius 3 is 2.72 bits per heavy atom. The minimum atomic E-state index is -0.466. The van der Waals surface area contributed by atoms with Crippen LogP contribution in [-0.4, -0.2) is 22.9 Å². The summed E-state index contributed by atoms with van der Waals surface area (Å²) in [5.74, 6) is -0.741. The highest BCUT2D eigenvalue weighted by Crippen LogP contribution is 2.19. The predicted octanol–water partition coefficient (Wildman–Crippen LogP) is 2.16. The summed E-state index contributed by atoms with van der Waals surface area (Å²) in [6.07, 6.45) is 2.82. The second-order valence-corrected chi connectivity index (χ2v) is 3.70. The van der Waals surface area contributed by atoms with Crippen molar-refractivity contribution in [2.45, 2.75) is 6.92 Å². The minimum absolute atomic E-state index is 0.0775. The van der Waals surface area contributed by atoms with Gasteiger partial charge in [0.25, 0.3) is 0 Å². The molecule has 92 valence electrons. The Hall–Kier alpha value is -2.30. The second kappa shape index (κ2) is 4.91. The van der Waals surface area contributed by atoms with Gasteiger partial charge in [-0.15, -0.1) is 0 Å². The van der Waals surface area contributed by atoms with Gasteiger partial charge in [-0.05, 0) is 24.6 Å². The smallest absolute Gasteiger partial charge is 0.243 e. The molecular weight excluding hydrogens is 235 g/mol. The Morgan fingerprint density at radius 1 is 1.28 bits per heavy atom. The molecule has 1 heterocycles. The third kappa shape index (κ3) is 2.20. The molecule has 0 N–H and O–H groups in total. The molecule has 1 aromatic heterocycles. The molecule has 0 aliphatic rings. The zero-order valence-corrected chi connectivity index (χ0v) is 9.98. The molecule has 0 atom stereocenters. The van der Waals surface area contributed by atoms with Crippen LogP contribution < -0.4 is 4.74 Å². The Balaban J connectivity index is 2.51. The summed E-state index contributed by atoms with van der Waals surface area (Å²) in [4.78, 5) is 20.1. The van der Waals surface area contributed by atoms with Crippen LogP contribution in [0.2, 0.25) is 0 Å². The molecule has 0 spiro atoms. The standard InChI is InChI=1S/C13H11FN2O2/c1-8-3-4-9(14)7-10(8)12(17)11-13(18-2)16-6-5-15-11/h3-7H,1-2H3. The maximum absolute atomic E-state index is 13.2. The molecule has 0 saturated heterocycles. The normalized spacial score (nSPS) is 10.2. The predicted molar refractivity (Wildman–Crippen MR) is 63.2 cm³/mol. The lowest BCUT2D eigenvalue weighted by Crippen LogP contribution is -2.09. The summed E-state index contributed by atoms with van der Waals surface area (Å²) in [5.41, 5.74) is 1.01. The number of rotatable bonds is 3. The van der Waals surface area contributed by atoms with E-state index >= 15 is 0 Å². The van der Waals surface area contributed by atoms with Gasteiger partial charge in [0.1, 0.15) is 5.82 Å². The van der Waals surface area contributed by atoms with E-state index in [1.54, 1.807) is 13.0 Å². The average Bonchev–Trinajstić information content (AvgIpc) is 2.40. The van der Waals surface area contributed by atoms with E-state index < -0.39 is 11.6 Å². The van der Waals surface area contributed by atoms with Crippen LogP contribution in [0.4, 0.5) is 4.39 Å². The molecular formula is C13H11FN2O2. The SMILES string of the molecule is COc1nccnc1C(=O)c1cc(F)ccc1C. The van der Waals surface area contributed by atoms with Gasteiger partial charge in [0.05, 0.1) is 7.11 Å². The number of hydrogen-bond acceptors (Lipinski definition) is 4. The number of ketones is 1. The first-order valence-corrected chi connectivity index (χ1v) is 5.29. The Labute approximate surface area is 103 Å². The van der Waals surface area contributed by atoms with Crippen LogP contribution in [0.15, 0.2) is 30.6 Å². The number of aryl methyl sites for hydroxylation is 1. The van der Waals surface area contributed by atoms with E-state index in [-0.39, 0.29) is 17.1 Å². The van der Waals surface area contributed by atoms with E-state index in [9.17, 15) is 9.18 Å². The van der Waals surface area contributed by atoms with Crippen LogP contribution in [0.1, 0.15) is 21.6 Å². The molecule has 18 heavy (non-hydrogen) atoms. The molecule has 0 bridgehead atoms. The Kier molecular flexibility index (Phi) is 3.32. The van der Waals surface area contributed by atoms with E-state index in [1.165, 1.54) is 31.6 Å². The third-order valence-electron chi connectivity index (χ3n) is 2.52. The quantitative estimate of drug-likeness (QED) is 0.779. The van der Waals surface area contributed by atoms with Gasteiger partial charge in [-0.1, -0.05) is 6.07 Å². The largest absolute Gasteiger partial charge is 0.479 e. The first-order valence-electron chi connectivity index (χ1n) is 5.29. The number of benzene rings is 1. The number of carbonyl (C=O) groups is 1. The highest BCUT2D eigenvalue weighted by atomic mass is 19.1. The Bertz CT molecular complexity index is 599. The van der Waals surface area contributed by atoms with E-state index in [0.717, 1.165) is 0 Å². The minimum Gasteiger partial charge on any atom is -0.479 e. The lowest BCUT2D eigenvalue weighted by atomic mass is 10.0. The van der Waals surface area contributed by atoms with Gasteiger partial charge in [-0.25, -0.2) is 14.4 Å². The molecule has 1 aromatic carbocycles. The third-order valence-corrected chi connectivity index (χ3v) is 2.52. The molecule has 0 radical (unpaired) electrons. The van der Waals surface area contributed by atoms with E-state index in [0.29, 0.717) is 5.56 Å². The van der Waals surface area contributed by atoms with Crippen molar-refractivity contribution in [3.63, 3.8) is 0 Å². The van der Waals surface area contributed by atoms with Gasteiger partial charge in [0.2, 0.25) is 11.7 Å². The molecule has 2 rings (SSSR count). The van der Waals surface area contributed by atoms with Gasteiger partial charge in [0.15, 0.2) is 5.69 Å². The monoisotopic (exact) mass is 246 g/mol. The van der Waals surface area contributed by atoms with Gasteiger partial charge in [0, 0.05) is 18.0 Å². The number of methoxy groups -OCH3 is 1. The average molecular weight is 246 g/mol. The molecule has 0 amide bonds. The van der Waals surface area contributed by atoms with Crippen molar-refractivity contribution in [2.75, 3.05) is 7.11 Å². The van der Waals surface area contributed by atoms with Crippen molar-refractivity contribution in [2.24, 2.45) is 0 Å². The maximum atomic E-state index is 13.2. The summed E-state index contributed by atoms with van der Waals surface area (Å²) >= 11 is 0. The molecule has 0 unspecified atom stereocenters. The zero-order chi connectivity index (χ0) is 13.1. The Morgan fingerprint density at radius 2 is 2.00 bits per heavy atom. The molecule has 2 aromatic rings. The fourth-order valence-corrected chi connectivity index (χ4v) is 1.60. The second-order valence-electron chi connectivity index (χ2n) is 3.70. The number of halogens is 1. The molecule has 0 aliphatic carbocycles. The van der Waals surface area contributed by atoms with Crippen molar-refractivity contribution in [1.82, 2.24) is 9.97 Å². The highest BCUT2D eigenvalue weighted by Gasteiger charge is 2.19. The molecule has 0 aliphatic heterocycles. The highest BCUT2D eigenvalue weighted by molar-refractivity contribution is 6.09. The number of nitrogens with zero attached hydrogens (tertiary/aromatic N) is 2. The topological polar surface area (TPSA) is 52.1 Å². The summed E-state index contributed by atoms with van der Waals surface area (Å²) < 4.78 is 18.2. The molecule has 0 saturated carbocycles. The summed E-state index contributed by atoms with van der Waals surface area (Å²) in [6, 6.07) is 4.04. The van der Waals surface area contributed by atoms with Gasteiger partial charge >= 0.3 is 0 Å². The summed E-state index contributed by atoms with van der Waals surface area (Å²) in [5, 5.41) is 0. The summed E-state index contributed by atoms with van der Waals surface area (Å²) in [6.45, 7) is 1.73. The fraction of sp³-hybridized carbons (Fsp3) is 0.154. The van der Waals surface area contributed by atoms with Crippen LogP contribution in [0, 0.1) is 12.7 Å². The lowest BCUT2D eigenvalue weighted by Gasteiger charge is -2.07. The summed E-state index contributed by atoms with van der Waals surface area (Å²) in [7, 11) is 1.40. The maximum Gasteiger partial charge on any atom is 0.243 e. The van der Waals surface area contributed by atoms with Gasteiger partial charge in [-0.3, -0.25) is 4.79 Å². The van der Waals surface area contributed by atoms with Crippen LogP contribution in [-0.2, 0) is 0 Å². The molecule has 5 heteroatoms. The number of carbonyl (C=O) groups excluding carboxylic acids is 1. The molecule has 4 nitrogen and oxygen atoms in total. The van der Waals surface area contributed by atoms with Crippen LogP contribution in [0.5, 0.6) is 5.88 Å². The first-order chi connectivity index (χ1) is 8.63. The lowest BCUT2D eigenvalue weighted by molar-refractivity contribution is 0.102. The van der Waals surface area contributed by atoms with Crippen LogP contribution >= 0.6 is 0 Å². The zero-order valence-electron chi connectivity index (χ0n) is 9.98. The number of hydrogen-bond donors (Lipinski definition) is 0. The van der Waals surface area contributed by atoms with Crippen molar-refractivity contribution < 1.29 is 13.9 Å². The fourth-order valence-electron chi connectivity index (χ4n) is 1.60. The molecule has 0 fully saturated rings. The van der Waals surface area contributed by atoms with Crippen LogP contribution in [0.25, 0.3) is 0 Å². The van der Waals surface area contributed by atoms with Gasteiger partial charge in [-0.2, -0.15) is 0 Å². The number of ether oxygens (including phenoxy) is 1. The van der Waals surface area contributed by atoms with E-state index in [2.05, 4.69) is 9.97 Å². The van der Waals surface area contributed by atoms with Crippen LogP contribution in [0.3, 0.4) is 0 Å². The van der Waals surface area contributed by atoms with E-state index in [1.807, 2.05) is 0 Å².